The van der Waals surface area contributed by atoms with Gasteiger partial charge in [0.1, 0.15) is 12.0 Å². The average Bonchev–Trinajstić information content (AvgIpc) is 2.97. The van der Waals surface area contributed by atoms with Gasteiger partial charge in [-0.3, -0.25) is 9.59 Å². The van der Waals surface area contributed by atoms with Crippen LogP contribution < -0.4 is 4.90 Å². The smallest absolute Gasteiger partial charge is 0.326 e. The lowest BCUT2D eigenvalue weighted by Gasteiger charge is -2.34. The zero-order chi connectivity index (χ0) is 18.1. The van der Waals surface area contributed by atoms with Crippen LogP contribution in [0.25, 0.3) is 0 Å². The van der Waals surface area contributed by atoms with E-state index in [-0.39, 0.29) is 5.91 Å². The highest BCUT2D eigenvalue weighted by atomic mass is 35.5. The Balaban J connectivity index is 1.80. The first kappa shape index (κ1) is 18.0. The van der Waals surface area contributed by atoms with Crippen LogP contribution in [0.2, 0.25) is 10.0 Å². The average molecular weight is 385 g/mol. The van der Waals surface area contributed by atoms with Gasteiger partial charge in [0.05, 0.1) is 10.7 Å². The Kier molecular flexibility index (Phi) is 5.20. The molecule has 8 heteroatoms. The molecule has 2 aliphatic heterocycles. The number of hydrogen-bond donors (Lipinski definition) is 1. The van der Waals surface area contributed by atoms with Crippen LogP contribution in [0.1, 0.15) is 25.7 Å². The fraction of sp³-hybridized carbons (Fsp3) is 0.471. The molecule has 0 radical (unpaired) electrons. The van der Waals surface area contributed by atoms with Gasteiger partial charge in [-0.05, 0) is 43.9 Å². The molecule has 6 nitrogen and oxygen atoms in total. The summed E-state index contributed by atoms with van der Waals surface area (Å²) < 4.78 is 0. The van der Waals surface area contributed by atoms with Gasteiger partial charge in [0.15, 0.2) is 0 Å². The van der Waals surface area contributed by atoms with Crippen molar-refractivity contribution in [3.05, 3.63) is 28.2 Å². The summed E-state index contributed by atoms with van der Waals surface area (Å²) in [4.78, 5) is 39.8. The zero-order valence-corrected chi connectivity index (χ0v) is 15.0. The number of piperidine rings is 1. The van der Waals surface area contributed by atoms with Gasteiger partial charge in [-0.2, -0.15) is 0 Å². The number of nitrogens with zero attached hydrogens (tertiary/aromatic N) is 2. The number of halogens is 2. The molecule has 1 aromatic carbocycles. The van der Waals surface area contributed by atoms with E-state index in [1.807, 2.05) is 0 Å². The fourth-order valence-corrected chi connectivity index (χ4v) is 3.88. The molecule has 2 fully saturated rings. The highest BCUT2D eigenvalue weighted by Crippen LogP contribution is 2.34. The molecule has 2 heterocycles. The molecule has 1 N–H and O–H groups in total. The largest absolute Gasteiger partial charge is 0.480 e. The van der Waals surface area contributed by atoms with Crippen LogP contribution in [0.15, 0.2) is 18.2 Å². The number of hydrogen-bond acceptors (Lipinski definition) is 3. The predicted octanol–water partition coefficient (Wildman–Crippen LogP) is 2.81. The van der Waals surface area contributed by atoms with E-state index >= 15 is 0 Å². The van der Waals surface area contributed by atoms with E-state index in [0.717, 1.165) is 12.8 Å². The Labute approximate surface area is 155 Å². The quantitative estimate of drug-likeness (QED) is 0.812. The van der Waals surface area contributed by atoms with Crippen LogP contribution in [-0.4, -0.2) is 46.9 Å². The Morgan fingerprint density at radius 2 is 1.88 bits per heavy atom. The second kappa shape index (κ2) is 7.22. The van der Waals surface area contributed by atoms with Crippen LogP contribution in [-0.2, 0) is 14.4 Å². The van der Waals surface area contributed by atoms with Gasteiger partial charge in [-0.1, -0.05) is 23.2 Å². The summed E-state index contributed by atoms with van der Waals surface area (Å²) >= 11 is 12.1. The maximum Gasteiger partial charge on any atom is 0.326 e. The lowest BCUT2D eigenvalue weighted by molar-refractivity contribution is -0.155. The minimum Gasteiger partial charge on any atom is -0.480 e. The predicted molar refractivity (Wildman–Crippen MR) is 93.9 cm³/mol. The molecule has 0 aromatic heterocycles. The van der Waals surface area contributed by atoms with Gasteiger partial charge in [0.2, 0.25) is 11.8 Å². The molecule has 2 amide bonds. The number of carboxylic acid groups (broad SMARTS) is 1. The molecule has 3 rings (SSSR count). The van der Waals surface area contributed by atoms with Crippen molar-refractivity contribution >= 4 is 46.7 Å². The van der Waals surface area contributed by atoms with E-state index in [0.29, 0.717) is 41.7 Å². The SMILES string of the molecule is O=C(O)C1CCCCN1C(=O)C1CCN(c2cc(Cl)ccc2Cl)C1=O. The van der Waals surface area contributed by atoms with Gasteiger partial charge in [-0.15, -0.1) is 0 Å². The minimum absolute atomic E-state index is 0.337. The summed E-state index contributed by atoms with van der Waals surface area (Å²) in [6.45, 7) is 0.721. The number of likely N-dealkylation sites (tertiary alicyclic amines) is 1. The third kappa shape index (κ3) is 3.46. The molecular weight excluding hydrogens is 367 g/mol. The highest BCUT2D eigenvalue weighted by Gasteiger charge is 2.43. The van der Waals surface area contributed by atoms with Gasteiger partial charge in [0, 0.05) is 18.1 Å². The van der Waals surface area contributed by atoms with Crippen LogP contribution >= 0.6 is 23.2 Å². The van der Waals surface area contributed by atoms with Crippen molar-refractivity contribution in [2.45, 2.75) is 31.7 Å². The molecule has 134 valence electrons. The molecule has 2 unspecified atom stereocenters. The number of carboxylic acids is 1. The van der Waals surface area contributed by atoms with Gasteiger partial charge < -0.3 is 14.9 Å². The maximum atomic E-state index is 12.8. The molecule has 2 saturated heterocycles. The normalized spacial score (nSPS) is 23.8. The van der Waals surface area contributed by atoms with Crippen molar-refractivity contribution in [2.24, 2.45) is 5.92 Å². The number of aliphatic carboxylic acids is 1. The third-order valence-corrected chi connectivity index (χ3v) is 5.33. The van der Waals surface area contributed by atoms with Gasteiger partial charge in [-0.25, -0.2) is 4.79 Å². The van der Waals surface area contributed by atoms with E-state index in [9.17, 15) is 19.5 Å². The highest BCUT2D eigenvalue weighted by molar-refractivity contribution is 6.36. The molecule has 1 aromatic rings. The molecule has 0 bridgehead atoms. The van der Waals surface area contributed by atoms with Crippen molar-refractivity contribution in [1.29, 1.82) is 0 Å². The number of carbonyl (C=O) groups is 3. The summed E-state index contributed by atoms with van der Waals surface area (Å²) in [7, 11) is 0. The van der Waals surface area contributed by atoms with Crippen LogP contribution in [0, 0.1) is 5.92 Å². The summed E-state index contributed by atoms with van der Waals surface area (Å²) in [6, 6.07) is 3.97. The third-order valence-electron chi connectivity index (χ3n) is 4.77. The second-order valence-corrected chi connectivity index (χ2v) is 7.15. The van der Waals surface area contributed by atoms with Crippen LogP contribution in [0.4, 0.5) is 5.69 Å². The van der Waals surface area contributed by atoms with Crippen molar-refractivity contribution < 1.29 is 19.5 Å². The lowest BCUT2D eigenvalue weighted by atomic mass is 9.98. The molecule has 0 saturated carbocycles. The maximum absolute atomic E-state index is 12.8. The summed E-state index contributed by atoms with van der Waals surface area (Å²) in [6.07, 6.45) is 2.28. The summed E-state index contributed by atoms with van der Waals surface area (Å²) in [5, 5.41) is 10.2. The Bertz CT molecular complexity index is 725. The number of carbonyl (C=O) groups excluding carboxylic acids is 2. The van der Waals surface area contributed by atoms with Crippen molar-refractivity contribution in [3.8, 4) is 0 Å². The fourth-order valence-electron chi connectivity index (χ4n) is 3.49. The Morgan fingerprint density at radius 1 is 1.12 bits per heavy atom. The van der Waals surface area contributed by atoms with E-state index in [1.54, 1.807) is 18.2 Å². The van der Waals surface area contributed by atoms with Crippen LogP contribution in [0.3, 0.4) is 0 Å². The summed E-state index contributed by atoms with van der Waals surface area (Å²) in [5.41, 5.74) is 0.475. The molecule has 2 aliphatic rings. The van der Waals surface area contributed by atoms with Crippen molar-refractivity contribution in [1.82, 2.24) is 4.90 Å². The first-order valence-corrected chi connectivity index (χ1v) is 8.95. The molecular formula is C17H18Cl2N2O4. The number of amides is 2. The minimum atomic E-state index is -1.02. The zero-order valence-electron chi connectivity index (χ0n) is 13.5. The van der Waals surface area contributed by atoms with E-state index in [4.69, 9.17) is 23.2 Å². The first-order valence-electron chi connectivity index (χ1n) is 8.20. The topological polar surface area (TPSA) is 77.9 Å². The van der Waals surface area contributed by atoms with Crippen molar-refractivity contribution in [2.75, 3.05) is 18.0 Å². The number of anilines is 1. The van der Waals surface area contributed by atoms with Crippen LogP contribution in [0.5, 0.6) is 0 Å². The first-order chi connectivity index (χ1) is 11.9. The van der Waals surface area contributed by atoms with Gasteiger partial charge in [0.25, 0.3) is 0 Å². The van der Waals surface area contributed by atoms with E-state index in [2.05, 4.69) is 0 Å². The molecule has 2 atom stereocenters. The van der Waals surface area contributed by atoms with Gasteiger partial charge >= 0.3 is 5.97 Å². The Morgan fingerprint density at radius 3 is 2.60 bits per heavy atom. The molecule has 25 heavy (non-hydrogen) atoms. The summed E-state index contributed by atoms with van der Waals surface area (Å²) in [5.74, 6) is -2.65. The Hall–Kier alpha value is -1.79. The second-order valence-electron chi connectivity index (χ2n) is 6.31. The van der Waals surface area contributed by atoms with Crippen molar-refractivity contribution in [3.63, 3.8) is 0 Å². The van der Waals surface area contributed by atoms with E-state index in [1.165, 1.54) is 9.80 Å². The molecule has 0 spiro atoms. The molecule has 0 aliphatic carbocycles. The van der Waals surface area contributed by atoms with E-state index < -0.39 is 23.8 Å². The number of benzene rings is 1. The lowest BCUT2D eigenvalue weighted by Crippen LogP contribution is -2.51. The standard InChI is InChI=1S/C17H18Cl2N2O4/c18-10-4-5-12(19)14(9-10)21-8-6-11(16(21)23)15(22)20-7-2-1-3-13(20)17(24)25/h4-5,9,11,13H,1-3,6-8H2,(H,24,25). The monoisotopic (exact) mass is 384 g/mol. The number of rotatable bonds is 3.